The number of fused-ring (bicyclic) bond motifs is 13. The number of hydrogen-bond acceptors (Lipinski definition) is 29. The van der Waals surface area contributed by atoms with Crippen molar-refractivity contribution in [2.24, 2.45) is 61.8 Å². The second-order valence-corrected chi connectivity index (χ2v) is 42.2. The molecule has 8 fully saturated rings. The van der Waals surface area contributed by atoms with E-state index in [2.05, 4.69) is 128 Å². The molecule has 22 heterocycles. The molecule has 17 aliphatic heterocycles. The van der Waals surface area contributed by atoms with Gasteiger partial charge in [-0.3, -0.25) is 39.6 Å². The molecule has 0 spiro atoms. The minimum Gasteiger partial charge on any atom is -0.381 e. The Morgan fingerprint density at radius 3 is 1.03 bits per heavy atom. The van der Waals surface area contributed by atoms with Crippen molar-refractivity contribution in [1.29, 1.82) is 0 Å². The maximum Gasteiger partial charge on any atom is 0.241 e. The zero-order valence-corrected chi connectivity index (χ0v) is 86.7. The number of nitrogens with one attached hydrogen (secondary N) is 5. The molecule has 750 valence electrons. The van der Waals surface area contributed by atoms with Gasteiger partial charge in [0.2, 0.25) is 5.91 Å². The predicted molar refractivity (Wildman–Crippen MR) is 595 cm³/mol. The van der Waals surface area contributed by atoms with Crippen molar-refractivity contribution in [1.82, 2.24) is 34.7 Å². The number of aromatic nitrogens is 5. The van der Waals surface area contributed by atoms with Crippen LogP contribution in [-0.4, -0.2) is 255 Å². The van der Waals surface area contributed by atoms with Crippen molar-refractivity contribution >= 4 is 173 Å². The molecule has 148 heavy (non-hydrogen) atoms. The van der Waals surface area contributed by atoms with Gasteiger partial charge in [-0.2, -0.15) is 0 Å². The van der Waals surface area contributed by atoms with Crippen LogP contribution in [0.1, 0.15) is 134 Å². The van der Waals surface area contributed by atoms with E-state index < -0.39 is 0 Å². The first-order valence-corrected chi connectivity index (χ1v) is 52.7. The van der Waals surface area contributed by atoms with Crippen LogP contribution in [0.25, 0.3) is 0 Å². The summed E-state index contributed by atoms with van der Waals surface area (Å²) in [4.78, 5) is 97.8. The fraction of sp³-hybridized carbons (Fsp3) is 0.327. The van der Waals surface area contributed by atoms with E-state index in [4.69, 9.17) is 117 Å². The third-order valence-corrected chi connectivity index (χ3v) is 31.8. The lowest BCUT2D eigenvalue weighted by Gasteiger charge is -2.35. The molecule has 7 saturated heterocycles. The number of amides is 1. The Morgan fingerprint density at radius 1 is 0.345 bits per heavy atom. The van der Waals surface area contributed by atoms with Crippen molar-refractivity contribution in [3.63, 3.8) is 0 Å². The molecule has 35 heteroatoms. The molecule has 4 unspecified atom stereocenters. The molecule has 10 aromatic rings. The molecule has 28 rings (SSSR count). The summed E-state index contributed by atoms with van der Waals surface area (Å²) >= 11 is 32.7. The quantitative estimate of drug-likeness (QED) is 0.0803. The van der Waals surface area contributed by atoms with Crippen LogP contribution < -0.4 is 46.2 Å². The Balaban J connectivity index is 0.0000000988. The summed E-state index contributed by atoms with van der Waals surface area (Å²) in [6.07, 6.45) is 15.6. The number of piperazine rings is 2. The largest absolute Gasteiger partial charge is 0.381 e. The van der Waals surface area contributed by atoms with E-state index in [9.17, 15) is 4.79 Å². The first-order valence-electron chi connectivity index (χ1n) is 50.8. The first kappa shape index (κ1) is 96.4. The Morgan fingerprint density at radius 2 is 0.682 bits per heavy atom. The number of amidine groups is 5. The van der Waals surface area contributed by atoms with E-state index in [1.54, 1.807) is 11.1 Å². The third kappa shape index (κ3) is 19.2. The lowest BCUT2D eigenvalue weighted by molar-refractivity contribution is -0.129. The molecular weight excluding hydrogens is 1960 g/mol. The maximum absolute atomic E-state index is 12.2. The number of halogens is 5. The molecule has 1 amide bonds. The lowest BCUT2D eigenvalue weighted by atomic mass is 9.94. The topological polar surface area (TPSA) is 312 Å². The van der Waals surface area contributed by atoms with Crippen LogP contribution in [0.2, 0.25) is 25.1 Å². The molecule has 2 bridgehead atoms. The molecule has 0 radical (unpaired) electrons. The molecule has 18 aliphatic rings. The van der Waals surface area contributed by atoms with Crippen LogP contribution in [0.4, 0.5) is 51.7 Å². The van der Waals surface area contributed by atoms with E-state index >= 15 is 0 Å². The molecule has 4 atom stereocenters. The number of ether oxygens (including phenoxy) is 3. The minimum absolute atomic E-state index is 0.0882. The van der Waals surface area contributed by atoms with Crippen LogP contribution in [0.3, 0.4) is 0 Å². The van der Waals surface area contributed by atoms with E-state index in [0.29, 0.717) is 101 Å². The third-order valence-electron chi connectivity index (χ3n) is 30.2. The predicted octanol–water partition coefficient (Wildman–Crippen LogP) is 18.9. The maximum atomic E-state index is 12.2. The highest BCUT2D eigenvalue weighted by molar-refractivity contribution is 6.40. The number of benzene rings is 5. The van der Waals surface area contributed by atoms with Crippen molar-refractivity contribution in [3.05, 3.63) is 325 Å². The van der Waals surface area contributed by atoms with Gasteiger partial charge in [-0.1, -0.05) is 149 Å². The molecule has 30 nitrogen and oxygen atoms in total. The number of rotatable bonds is 11. The normalized spacial score (nSPS) is 21.7. The SMILES string of the molecule is CC1=C2N=C(c3ccccc3Cl)c3cnc(C4CCOCC4)cc3NC2=NC1.CC1=C2N=C(c3ccccc3Cl)c3cnc(N4CC5CC4CO5)cc3NC2=NC1.CC1=C2N=C(c3ccccc3Cl)c3cnc(N4CC5COCC5C4)cc3NC2=NC1.CC1=C2N=C(c3ccccc3Cl)c3cnc(N4CCN(C)C(=O)C4)cc3NC2=NC1.CC1=C2N=C(c3ccccc3Cl)c3cnc(N4CCN(C5CC5)CC4)cc3NC2=NC1. The first-order chi connectivity index (χ1) is 72.2. The van der Waals surface area contributed by atoms with Crippen LogP contribution in [0.15, 0.2) is 289 Å². The molecule has 1 saturated carbocycles. The van der Waals surface area contributed by atoms with Crippen LogP contribution in [0.5, 0.6) is 0 Å². The van der Waals surface area contributed by atoms with Crippen molar-refractivity contribution in [3.8, 4) is 0 Å². The summed E-state index contributed by atoms with van der Waals surface area (Å²) in [5.74, 6) is 9.47. The smallest absolute Gasteiger partial charge is 0.241 e. The summed E-state index contributed by atoms with van der Waals surface area (Å²) in [7, 11) is 1.83. The summed E-state index contributed by atoms with van der Waals surface area (Å²) in [6, 6.07) is 50.7. The standard InChI is InChI=1S/C24H25ClN6.C23H22ClN5O.C22H21ClN6O.C22H20ClN5O.C22H21ClN4O/c1-15-13-27-24-22(15)29-23(17-4-2-3-5-19(17)25)18-14-26-21(12-20(18)28-24)31-10-8-30(9-11-31)16-6-7-16;1-13-7-26-23-21(13)28-22(16-4-2-3-5-18(16)24)17-8-25-20(6-19(17)27-23)29-9-14-11-30-12-15(14)10-29;1-13-10-25-22-20(13)27-21(14-5-3-4-6-16(14)23)15-11-24-18(9-17(15)26-22)29-8-7-28(2)19(30)12-29;1-12-8-25-22-20(12)27-21(15-4-2-3-5-17(15)23)16-9-24-19(7-18(16)26-22)28-10-14-6-13(28)11-29-14;1-13-11-25-22-20(13)27-21(15-4-2-3-5-17(15)23)16-12-24-18(10-19(16)26-22)14-6-8-28-9-7-14/h2-5,12,14,16H,6-11,13H2,1H3,(H,27,28);2-6,8,14-15H,7,9-12H2,1H3,(H,26,27);3-6,9,11H,7-8,10,12H2,1-2H3,(H,25,26);2-5,7,9,13-14H,6,8,10-11H2,1H3,(H,25,26);2-5,10,12,14H,6-9,11H2,1H3,(H,25,26). The van der Waals surface area contributed by atoms with Gasteiger partial charge in [0.05, 0.1) is 128 Å². The Kier molecular flexibility index (Phi) is 26.7. The van der Waals surface area contributed by atoms with Gasteiger partial charge in [0.1, 0.15) is 51.8 Å². The summed E-state index contributed by atoms with van der Waals surface area (Å²) in [6.45, 7) is 26.6. The summed E-state index contributed by atoms with van der Waals surface area (Å²) < 4.78 is 16.9. The molecule has 5 N–H and O–H groups in total. The number of carbonyl (C=O) groups is 1. The zero-order chi connectivity index (χ0) is 101. The second-order valence-electron chi connectivity index (χ2n) is 40.1. The Labute approximate surface area is 883 Å². The van der Waals surface area contributed by atoms with Crippen molar-refractivity contribution in [2.75, 3.05) is 184 Å². The Hall–Kier alpha value is -13.8. The average molecular weight is 2070 g/mol. The average Bonchev–Trinajstić information content (AvgIpc) is 1.62. The Bertz CT molecular complexity index is 7630. The van der Waals surface area contributed by atoms with Crippen molar-refractivity contribution in [2.45, 2.75) is 90.8 Å². The lowest BCUT2D eigenvalue weighted by Crippen LogP contribution is -2.48. The number of pyridine rings is 5. The van der Waals surface area contributed by atoms with Gasteiger partial charge >= 0.3 is 0 Å². The number of anilines is 9. The monoisotopic (exact) mass is 2070 g/mol. The van der Waals surface area contributed by atoms with E-state index in [1.165, 1.54) is 12.8 Å². The summed E-state index contributed by atoms with van der Waals surface area (Å²) in [5, 5.41) is 20.9. The van der Waals surface area contributed by atoms with Gasteiger partial charge < -0.3 is 65.3 Å². The zero-order valence-electron chi connectivity index (χ0n) is 82.9. The highest BCUT2D eigenvalue weighted by Crippen LogP contribution is 2.44. The van der Waals surface area contributed by atoms with Gasteiger partial charge in [0.25, 0.3) is 0 Å². The number of likely N-dealkylation sites (N-methyl/N-ethyl adjacent to an activating group) is 1. The fourth-order valence-corrected chi connectivity index (χ4v) is 22.8. The van der Waals surface area contributed by atoms with Crippen LogP contribution in [-0.2, 0) is 19.0 Å². The summed E-state index contributed by atoms with van der Waals surface area (Å²) in [5.41, 5.74) is 29.2. The van der Waals surface area contributed by atoms with Gasteiger partial charge in [0.15, 0.2) is 29.2 Å². The van der Waals surface area contributed by atoms with Crippen LogP contribution in [0, 0.1) is 11.8 Å². The minimum atomic E-state index is 0.0882. The molecule has 5 aromatic heterocycles. The van der Waals surface area contributed by atoms with E-state index in [1.807, 2.05) is 171 Å². The van der Waals surface area contributed by atoms with Gasteiger partial charge in [-0.05, 0) is 131 Å². The fourth-order valence-electron chi connectivity index (χ4n) is 21.6. The van der Waals surface area contributed by atoms with Crippen molar-refractivity contribution < 1.29 is 19.0 Å². The number of nitrogens with zero attached hydrogens (tertiary/aromatic N) is 21. The van der Waals surface area contributed by atoms with E-state index in [0.717, 1.165) is 338 Å². The second kappa shape index (κ2) is 41.0. The van der Waals surface area contributed by atoms with E-state index in [-0.39, 0.29) is 5.91 Å². The number of hydrogen-bond donors (Lipinski definition) is 5. The molecular formula is C113H109Cl5N26O4. The molecule has 5 aromatic carbocycles. The molecule has 1 aliphatic carbocycles. The number of carbonyl (C=O) groups excluding carboxylic acids is 1. The number of aliphatic imine (C=N–C) groups is 10. The van der Waals surface area contributed by atoms with Gasteiger partial charge in [-0.15, -0.1) is 0 Å². The van der Waals surface area contributed by atoms with Gasteiger partial charge in [0, 0.05) is 245 Å². The number of morpholine rings is 1. The highest BCUT2D eigenvalue weighted by atomic mass is 35.5. The highest BCUT2D eigenvalue weighted by Gasteiger charge is 2.43. The van der Waals surface area contributed by atoms with Crippen LogP contribution >= 0.6 is 58.0 Å². The van der Waals surface area contributed by atoms with Gasteiger partial charge in [-0.25, -0.2) is 44.9 Å².